The van der Waals surface area contributed by atoms with E-state index in [1.54, 1.807) is 0 Å². The van der Waals surface area contributed by atoms with Crippen LogP contribution in [-0.2, 0) is 0 Å². The van der Waals surface area contributed by atoms with Gasteiger partial charge in [-0.15, -0.1) is 0 Å². The lowest BCUT2D eigenvalue weighted by Crippen LogP contribution is -2.61. The standard InChI is InChI=1S/C16H31N3/c1-13-10-18-9-4-3-6-14(18)11-19(13)12-16(2)8-5-7-15(16)17/h13-15H,3-12,17H2,1-2H3. The van der Waals surface area contributed by atoms with Crippen molar-refractivity contribution in [3.8, 4) is 0 Å². The lowest BCUT2D eigenvalue weighted by Gasteiger charge is -2.50. The maximum Gasteiger partial charge on any atom is 0.0223 e. The average Bonchev–Trinajstić information content (AvgIpc) is 2.70. The first kappa shape index (κ1) is 13.8. The predicted molar refractivity (Wildman–Crippen MR) is 80.2 cm³/mol. The van der Waals surface area contributed by atoms with Gasteiger partial charge in [-0.25, -0.2) is 0 Å². The van der Waals surface area contributed by atoms with E-state index in [1.807, 2.05) is 0 Å². The Hall–Kier alpha value is -0.120. The molecule has 0 amide bonds. The van der Waals surface area contributed by atoms with Gasteiger partial charge in [0.1, 0.15) is 0 Å². The fourth-order valence-corrected chi connectivity index (χ4v) is 4.55. The summed E-state index contributed by atoms with van der Waals surface area (Å²) in [5.74, 6) is 0. The number of nitrogens with two attached hydrogens (primary N) is 1. The molecule has 2 aliphatic heterocycles. The molecule has 1 aliphatic carbocycles. The monoisotopic (exact) mass is 265 g/mol. The molecule has 0 radical (unpaired) electrons. The Morgan fingerprint density at radius 2 is 2.00 bits per heavy atom. The normalized spacial score (nSPS) is 45.3. The van der Waals surface area contributed by atoms with Gasteiger partial charge in [-0.05, 0) is 44.6 Å². The lowest BCUT2D eigenvalue weighted by atomic mass is 9.83. The van der Waals surface area contributed by atoms with Crippen LogP contribution >= 0.6 is 0 Å². The first-order valence-electron chi connectivity index (χ1n) is 8.32. The highest BCUT2D eigenvalue weighted by molar-refractivity contribution is 4.97. The van der Waals surface area contributed by atoms with Crippen LogP contribution in [0.25, 0.3) is 0 Å². The molecule has 3 nitrogen and oxygen atoms in total. The van der Waals surface area contributed by atoms with Gasteiger partial charge in [0.15, 0.2) is 0 Å². The second kappa shape index (κ2) is 5.34. The van der Waals surface area contributed by atoms with Gasteiger partial charge in [-0.3, -0.25) is 9.80 Å². The summed E-state index contributed by atoms with van der Waals surface area (Å²) in [4.78, 5) is 5.49. The Morgan fingerprint density at radius 1 is 1.16 bits per heavy atom. The molecule has 2 saturated heterocycles. The zero-order valence-electron chi connectivity index (χ0n) is 12.8. The summed E-state index contributed by atoms with van der Waals surface area (Å²) in [6, 6.07) is 1.95. The zero-order chi connectivity index (χ0) is 13.5. The van der Waals surface area contributed by atoms with Gasteiger partial charge >= 0.3 is 0 Å². The van der Waals surface area contributed by atoms with Gasteiger partial charge in [0.05, 0.1) is 0 Å². The van der Waals surface area contributed by atoms with E-state index in [2.05, 4.69) is 23.6 Å². The third kappa shape index (κ3) is 2.70. The van der Waals surface area contributed by atoms with Gasteiger partial charge in [-0.2, -0.15) is 0 Å². The third-order valence-electron chi connectivity index (χ3n) is 6.04. The van der Waals surface area contributed by atoms with Crippen molar-refractivity contribution in [2.75, 3.05) is 26.2 Å². The molecule has 1 saturated carbocycles. The van der Waals surface area contributed by atoms with Crippen LogP contribution in [0.3, 0.4) is 0 Å². The molecule has 2 N–H and O–H groups in total. The fourth-order valence-electron chi connectivity index (χ4n) is 4.55. The van der Waals surface area contributed by atoms with Crippen molar-refractivity contribution in [3.63, 3.8) is 0 Å². The first-order valence-corrected chi connectivity index (χ1v) is 8.32. The van der Waals surface area contributed by atoms with Crippen LogP contribution in [0.5, 0.6) is 0 Å². The second-order valence-electron chi connectivity index (χ2n) is 7.58. The number of fused-ring (bicyclic) bond motifs is 1. The largest absolute Gasteiger partial charge is 0.327 e. The molecule has 3 rings (SSSR count). The Morgan fingerprint density at radius 3 is 2.74 bits per heavy atom. The molecule has 0 aromatic carbocycles. The number of nitrogens with zero attached hydrogens (tertiary/aromatic N) is 2. The molecule has 0 aromatic rings. The van der Waals surface area contributed by atoms with E-state index >= 15 is 0 Å². The topological polar surface area (TPSA) is 32.5 Å². The highest BCUT2D eigenvalue weighted by Gasteiger charge is 2.41. The van der Waals surface area contributed by atoms with Gasteiger partial charge in [0.25, 0.3) is 0 Å². The number of piperazine rings is 1. The summed E-state index contributed by atoms with van der Waals surface area (Å²) >= 11 is 0. The van der Waals surface area contributed by atoms with Crippen molar-refractivity contribution in [2.24, 2.45) is 11.1 Å². The van der Waals surface area contributed by atoms with Crippen LogP contribution in [0, 0.1) is 5.41 Å². The summed E-state index contributed by atoms with van der Waals surface area (Å²) < 4.78 is 0. The van der Waals surface area contributed by atoms with Crippen molar-refractivity contribution in [1.82, 2.24) is 9.80 Å². The van der Waals surface area contributed by atoms with E-state index in [0.29, 0.717) is 17.5 Å². The minimum absolute atomic E-state index is 0.366. The molecule has 19 heavy (non-hydrogen) atoms. The zero-order valence-corrected chi connectivity index (χ0v) is 12.8. The maximum atomic E-state index is 6.37. The number of piperidine rings is 1. The van der Waals surface area contributed by atoms with Crippen LogP contribution < -0.4 is 5.73 Å². The Kier molecular flexibility index (Phi) is 3.89. The quantitative estimate of drug-likeness (QED) is 0.829. The van der Waals surface area contributed by atoms with Crippen molar-refractivity contribution in [3.05, 3.63) is 0 Å². The summed E-state index contributed by atoms with van der Waals surface area (Å²) in [5, 5.41) is 0. The van der Waals surface area contributed by atoms with E-state index in [1.165, 1.54) is 64.7 Å². The van der Waals surface area contributed by atoms with Crippen LogP contribution in [0.1, 0.15) is 52.4 Å². The number of rotatable bonds is 2. The Balaban J connectivity index is 1.64. The van der Waals surface area contributed by atoms with Crippen molar-refractivity contribution in [1.29, 1.82) is 0 Å². The van der Waals surface area contributed by atoms with Crippen molar-refractivity contribution in [2.45, 2.75) is 70.5 Å². The molecule has 3 heteroatoms. The van der Waals surface area contributed by atoms with Crippen LogP contribution in [0.2, 0.25) is 0 Å². The predicted octanol–water partition coefficient (Wildman–Crippen LogP) is 2.06. The molecule has 0 aromatic heterocycles. The number of hydrogen-bond acceptors (Lipinski definition) is 3. The lowest BCUT2D eigenvalue weighted by molar-refractivity contribution is -0.00585. The summed E-state index contributed by atoms with van der Waals surface area (Å²) in [6.07, 6.45) is 8.13. The highest BCUT2D eigenvalue weighted by atomic mass is 15.3. The minimum atomic E-state index is 0.366. The average molecular weight is 265 g/mol. The van der Waals surface area contributed by atoms with Gasteiger partial charge in [-0.1, -0.05) is 19.8 Å². The molecule has 3 fully saturated rings. The Labute approximate surface area is 118 Å². The van der Waals surface area contributed by atoms with Crippen LogP contribution in [0.4, 0.5) is 0 Å². The molecule has 2 heterocycles. The molecule has 4 atom stereocenters. The summed E-state index contributed by atoms with van der Waals surface area (Å²) in [7, 11) is 0. The summed E-state index contributed by atoms with van der Waals surface area (Å²) in [6.45, 7) is 9.94. The van der Waals surface area contributed by atoms with E-state index in [0.717, 1.165) is 6.04 Å². The van der Waals surface area contributed by atoms with Crippen LogP contribution in [-0.4, -0.2) is 54.1 Å². The maximum absolute atomic E-state index is 6.37. The molecule has 3 aliphatic rings. The molecular weight excluding hydrogens is 234 g/mol. The summed E-state index contributed by atoms with van der Waals surface area (Å²) in [5.41, 5.74) is 6.74. The molecule has 110 valence electrons. The van der Waals surface area contributed by atoms with Crippen LogP contribution in [0.15, 0.2) is 0 Å². The van der Waals surface area contributed by atoms with Gasteiger partial charge in [0, 0.05) is 37.8 Å². The molecule has 0 bridgehead atoms. The second-order valence-corrected chi connectivity index (χ2v) is 7.58. The minimum Gasteiger partial charge on any atom is -0.327 e. The van der Waals surface area contributed by atoms with Crippen molar-refractivity contribution >= 4 is 0 Å². The SMILES string of the molecule is CC1CN2CCCCC2CN1CC1(C)CCCC1N. The molecular formula is C16H31N3. The fraction of sp³-hybridized carbons (Fsp3) is 1.00. The first-order chi connectivity index (χ1) is 9.08. The molecule has 4 unspecified atom stereocenters. The van der Waals surface area contributed by atoms with E-state index in [-0.39, 0.29) is 0 Å². The van der Waals surface area contributed by atoms with E-state index in [4.69, 9.17) is 5.73 Å². The highest BCUT2D eigenvalue weighted by Crippen LogP contribution is 2.38. The molecule has 0 spiro atoms. The van der Waals surface area contributed by atoms with Gasteiger partial charge < -0.3 is 5.73 Å². The van der Waals surface area contributed by atoms with E-state index in [9.17, 15) is 0 Å². The van der Waals surface area contributed by atoms with E-state index < -0.39 is 0 Å². The third-order valence-corrected chi connectivity index (χ3v) is 6.04. The number of hydrogen-bond donors (Lipinski definition) is 1. The smallest absolute Gasteiger partial charge is 0.0223 e. The Bertz CT molecular complexity index is 319. The van der Waals surface area contributed by atoms with Crippen molar-refractivity contribution < 1.29 is 0 Å². The van der Waals surface area contributed by atoms with Gasteiger partial charge in [0.2, 0.25) is 0 Å².